The van der Waals surface area contributed by atoms with Gasteiger partial charge in [0.1, 0.15) is 5.60 Å². The van der Waals surface area contributed by atoms with E-state index in [9.17, 15) is 5.11 Å². The molecule has 0 amide bonds. The number of aromatic nitrogens is 1. The van der Waals surface area contributed by atoms with Gasteiger partial charge in [-0.2, -0.15) is 0 Å². The molecular weight excluding hydrogens is 190 g/mol. The lowest BCUT2D eigenvalue weighted by atomic mass is 9.88. The molecule has 1 aliphatic rings. The zero-order valence-corrected chi connectivity index (χ0v) is 8.98. The first-order valence-electron chi connectivity index (χ1n) is 5.31. The van der Waals surface area contributed by atoms with E-state index < -0.39 is 5.60 Å². The van der Waals surface area contributed by atoms with Crippen LogP contribution < -0.4 is 5.43 Å². The van der Waals surface area contributed by atoms with E-state index in [0.29, 0.717) is 0 Å². The van der Waals surface area contributed by atoms with Crippen molar-refractivity contribution in [1.82, 2.24) is 15.4 Å². The van der Waals surface area contributed by atoms with Crippen LogP contribution in [0.5, 0.6) is 0 Å². The zero-order valence-electron chi connectivity index (χ0n) is 8.98. The van der Waals surface area contributed by atoms with Gasteiger partial charge in [-0.3, -0.25) is 10.4 Å². The highest BCUT2D eigenvalue weighted by atomic mass is 16.3. The highest BCUT2D eigenvalue weighted by Gasteiger charge is 2.34. The molecule has 0 radical (unpaired) electrons. The van der Waals surface area contributed by atoms with Crippen LogP contribution in [0.4, 0.5) is 0 Å². The number of nitrogens with one attached hydrogen (secondary N) is 1. The van der Waals surface area contributed by atoms with Crippen molar-refractivity contribution in [1.29, 1.82) is 0 Å². The van der Waals surface area contributed by atoms with Gasteiger partial charge in [0, 0.05) is 19.3 Å². The molecular formula is C11H17N3O. The van der Waals surface area contributed by atoms with Crippen LogP contribution in [-0.2, 0) is 5.60 Å². The van der Waals surface area contributed by atoms with Crippen LogP contribution in [-0.4, -0.2) is 35.2 Å². The zero-order chi connectivity index (χ0) is 10.7. The van der Waals surface area contributed by atoms with Crippen molar-refractivity contribution < 1.29 is 5.11 Å². The molecule has 0 saturated carbocycles. The summed E-state index contributed by atoms with van der Waals surface area (Å²) in [6, 6.07) is 5.69. The Hall–Kier alpha value is -0.970. The molecule has 0 unspecified atom stereocenters. The molecule has 0 bridgehead atoms. The first-order valence-corrected chi connectivity index (χ1v) is 5.31. The van der Waals surface area contributed by atoms with Crippen LogP contribution in [0.2, 0.25) is 0 Å². The summed E-state index contributed by atoms with van der Waals surface area (Å²) in [6.45, 7) is 1.70. The number of hydrazine groups is 1. The molecule has 0 aliphatic carbocycles. The number of rotatable bonds is 2. The monoisotopic (exact) mass is 207 g/mol. The normalized spacial score (nSPS) is 21.5. The lowest BCUT2D eigenvalue weighted by molar-refractivity contribution is -0.0391. The number of hydrogen-bond donors (Lipinski definition) is 2. The first kappa shape index (κ1) is 10.5. The summed E-state index contributed by atoms with van der Waals surface area (Å²) in [4.78, 5) is 4.24. The van der Waals surface area contributed by atoms with Crippen molar-refractivity contribution in [2.45, 2.75) is 18.4 Å². The number of nitrogens with zero attached hydrogens (tertiary/aromatic N) is 2. The Bertz CT molecular complexity index is 307. The number of piperidine rings is 1. The number of hydrogen-bond acceptors (Lipinski definition) is 4. The van der Waals surface area contributed by atoms with Gasteiger partial charge in [0.15, 0.2) is 0 Å². The molecule has 0 spiro atoms. The van der Waals surface area contributed by atoms with E-state index in [1.165, 1.54) is 0 Å². The fraction of sp³-hybridized carbons (Fsp3) is 0.545. The van der Waals surface area contributed by atoms with E-state index in [2.05, 4.69) is 15.4 Å². The van der Waals surface area contributed by atoms with E-state index in [1.807, 2.05) is 25.2 Å². The lowest BCUT2D eigenvalue weighted by Crippen LogP contribution is -2.47. The summed E-state index contributed by atoms with van der Waals surface area (Å²) in [6.07, 6.45) is 3.19. The molecule has 2 rings (SSSR count). The minimum Gasteiger partial charge on any atom is -0.383 e. The Morgan fingerprint density at radius 1 is 1.40 bits per heavy atom. The van der Waals surface area contributed by atoms with Crippen molar-refractivity contribution >= 4 is 0 Å². The van der Waals surface area contributed by atoms with Gasteiger partial charge >= 0.3 is 0 Å². The maximum Gasteiger partial charge on any atom is 0.109 e. The molecule has 0 aromatic carbocycles. The molecule has 0 atom stereocenters. The van der Waals surface area contributed by atoms with E-state index in [1.54, 1.807) is 6.20 Å². The van der Waals surface area contributed by atoms with Crippen LogP contribution in [0.15, 0.2) is 24.4 Å². The third kappa shape index (κ3) is 2.17. The van der Waals surface area contributed by atoms with Crippen molar-refractivity contribution in [2.24, 2.45) is 0 Å². The summed E-state index contributed by atoms with van der Waals surface area (Å²) >= 11 is 0. The second-order valence-corrected chi connectivity index (χ2v) is 3.96. The van der Waals surface area contributed by atoms with Crippen molar-refractivity contribution in [3.8, 4) is 0 Å². The number of aliphatic hydroxyl groups is 1. The first-order chi connectivity index (χ1) is 7.24. The largest absolute Gasteiger partial charge is 0.383 e. The van der Waals surface area contributed by atoms with E-state index in [4.69, 9.17) is 0 Å². The minimum absolute atomic E-state index is 0.727. The third-order valence-corrected chi connectivity index (χ3v) is 3.05. The Kier molecular flexibility index (Phi) is 3.00. The van der Waals surface area contributed by atoms with Gasteiger partial charge in [0.2, 0.25) is 0 Å². The molecule has 82 valence electrons. The quantitative estimate of drug-likeness (QED) is 0.741. The molecule has 2 heterocycles. The van der Waals surface area contributed by atoms with Crippen LogP contribution in [0.25, 0.3) is 0 Å². The Labute approximate surface area is 89.9 Å². The molecule has 2 N–H and O–H groups in total. The van der Waals surface area contributed by atoms with Crippen LogP contribution >= 0.6 is 0 Å². The smallest absolute Gasteiger partial charge is 0.109 e. The van der Waals surface area contributed by atoms with Crippen molar-refractivity contribution in [3.63, 3.8) is 0 Å². The van der Waals surface area contributed by atoms with E-state index in [0.717, 1.165) is 31.6 Å². The van der Waals surface area contributed by atoms with Crippen LogP contribution in [0.1, 0.15) is 18.5 Å². The van der Waals surface area contributed by atoms with Gasteiger partial charge in [-0.05, 0) is 32.0 Å². The predicted molar refractivity (Wildman–Crippen MR) is 58.0 cm³/mol. The maximum absolute atomic E-state index is 10.4. The molecule has 1 aliphatic heterocycles. The predicted octanol–water partition coefficient (Wildman–Crippen LogP) is 0.499. The van der Waals surface area contributed by atoms with E-state index >= 15 is 0 Å². The van der Waals surface area contributed by atoms with Crippen LogP contribution in [0, 0.1) is 0 Å². The fourth-order valence-electron chi connectivity index (χ4n) is 1.99. The second-order valence-electron chi connectivity index (χ2n) is 3.96. The van der Waals surface area contributed by atoms with Crippen molar-refractivity contribution in [3.05, 3.63) is 30.1 Å². The summed E-state index contributed by atoms with van der Waals surface area (Å²) in [5, 5.41) is 12.5. The van der Waals surface area contributed by atoms with E-state index in [-0.39, 0.29) is 0 Å². The van der Waals surface area contributed by atoms with Crippen molar-refractivity contribution in [2.75, 3.05) is 20.1 Å². The standard InChI is InChI=1S/C11H17N3O/c1-12-14-8-5-11(15,6-9-14)10-4-2-3-7-13-10/h2-4,7,12,15H,5-6,8-9H2,1H3. The van der Waals surface area contributed by atoms with Crippen LogP contribution in [0.3, 0.4) is 0 Å². The molecule has 1 saturated heterocycles. The average molecular weight is 207 g/mol. The average Bonchev–Trinajstić information content (AvgIpc) is 2.31. The van der Waals surface area contributed by atoms with Gasteiger partial charge < -0.3 is 5.11 Å². The molecule has 1 aromatic heterocycles. The molecule has 1 fully saturated rings. The Morgan fingerprint density at radius 3 is 2.67 bits per heavy atom. The van der Waals surface area contributed by atoms with Gasteiger partial charge in [-0.25, -0.2) is 5.01 Å². The highest BCUT2D eigenvalue weighted by molar-refractivity contribution is 5.13. The van der Waals surface area contributed by atoms with Gasteiger partial charge in [-0.15, -0.1) is 0 Å². The molecule has 4 nitrogen and oxygen atoms in total. The topological polar surface area (TPSA) is 48.4 Å². The SMILES string of the molecule is CNN1CCC(O)(c2ccccn2)CC1. The summed E-state index contributed by atoms with van der Waals surface area (Å²) < 4.78 is 0. The van der Waals surface area contributed by atoms with Gasteiger partial charge in [-0.1, -0.05) is 6.07 Å². The summed E-state index contributed by atoms with van der Waals surface area (Å²) in [7, 11) is 1.91. The molecule has 15 heavy (non-hydrogen) atoms. The minimum atomic E-state index is -0.741. The summed E-state index contributed by atoms with van der Waals surface area (Å²) in [5.74, 6) is 0. The lowest BCUT2D eigenvalue weighted by Gasteiger charge is -2.37. The van der Waals surface area contributed by atoms with Gasteiger partial charge in [0.25, 0.3) is 0 Å². The molecule has 1 aromatic rings. The highest BCUT2D eigenvalue weighted by Crippen LogP contribution is 2.30. The number of pyridine rings is 1. The summed E-state index contributed by atoms with van der Waals surface area (Å²) in [5.41, 5.74) is 3.15. The second kappa shape index (κ2) is 4.26. The third-order valence-electron chi connectivity index (χ3n) is 3.05. The Balaban J connectivity index is 2.10. The molecule has 4 heteroatoms. The maximum atomic E-state index is 10.4. The Morgan fingerprint density at radius 2 is 2.13 bits per heavy atom. The van der Waals surface area contributed by atoms with Gasteiger partial charge in [0.05, 0.1) is 5.69 Å². The fourth-order valence-corrected chi connectivity index (χ4v) is 1.99.